The van der Waals surface area contributed by atoms with Gasteiger partial charge in [0.05, 0.1) is 0 Å². The molecule has 96 valence electrons. The lowest BCUT2D eigenvalue weighted by Gasteiger charge is -2.28. The third kappa shape index (κ3) is 3.38. The van der Waals surface area contributed by atoms with Gasteiger partial charge in [-0.05, 0) is 11.5 Å². The second-order valence-electron chi connectivity index (χ2n) is 4.41. The van der Waals surface area contributed by atoms with Crippen LogP contribution in [0.2, 0.25) is 0 Å². The van der Waals surface area contributed by atoms with Crippen molar-refractivity contribution < 1.29 is 30.7 Å². The molecular weight excluding hydrogens is 241 g/mol. The quantitative estimate of drug-likeness (QED) is 0.478. The van der Waals surface area contributed by atoms with Gasteiger partial charge in [0, 0.05) is 0 Å². The molecule has 0 heterocycles. The minimum absolute atomic E-state index is 0.479. The van der Waals surface area contributed by atoms with E-state index in [1.165, 1.54) is 20.8 Å². The van der Waals surface area contributed by atoms with Crippen LogP contribution in [0.1, 0.15) is 20.8 Å². The normalized spacial score (nSPS) is 15.9. The molecule has 0 rings (SSSR count). The average Bonchev–Trinajstić information content (AvgIpc) is 1.93. The number of allylic oxidation sites excluding steroid dienone is 2. The van der Waals surface area contributed by atoms with Crippen LogP contribution in [0, 0.1) is 5.41 Å². The van der Waals surface area contributed by atoms with Crippen molar-refractivity contribution in [1.82, 2.24) is 0 Å². The first kappa shape index (κ1) is 15.2. The van der Waals surface area contributed by atoms with Crippen LogP contribution in [-0.2, 0) is 0 Å². The van der Waals surface area contributed by atoms with E-state index in [0.717, 1.165) is 0 Å². The van der Waals surface area contributed by atoms with Gasteiger partial charge in [-0.25, -0.2) is 4.39 Å². The molecule has 0 nitrogen and oxygen atoms in total. The van der Waals surface area contributed by atoms with E-state index in [0.29, 0.717) is 6.08 Å². The number of hydrogen-bond donors (Lipinski definition) is 0. The Labute approximate surface area is 88.1 Å². The van der Waals surface area contributed by atoms with Crippen molar-refractivity contribution in [1.29, 1.82) is 0 Å². The highest BCUT2D eigenvalue weighted by atomic mass is 19.4. The van der Waals surface area contributed by atoms with Crippen molar-refractivity contribution in [3.05, 3.63) is 12.2 Å². The van der Waals surface area contributed by atoms with Gasteiger partial charge in [0.1, 0.15) is 0 Å². The van der Waals surface area contributed by atoms with Crippen LogP contribution in [0.25, 0.3) is 0 Å². The van der Waals surface area contributed by atoms with Gasteiger partial charge in [-0.1, -0.05) is 26.8 Å². The zero-order valence-corrected chi connectivity index (χ0v) is 8.80. The van der Waals surface area contributed by atoms with Crippen molar-refractivity contribution in [2.24, 2.45) is 5.41 Å². The molecule has 0 amide bonds. The van der Waals surface area contributed by atoms with E-state index in [9.17, 15) is 30.7 Å². The van der Waals surface area contributed by atoms with Gasteiger partial charge in [0.2, 0.25) is 0 Å². The fraction of sp³-hybridized carbons (Fsp3) is 0.778. The van der Waals surface area contributed by atoms with Crippen LogP contribution < -0.4 is 0 Å². The van der Waals surface area contributed by atoms with E-state index in [2.05, 4.69) is 0 Å². The van der Waals surface area contributed by atoms with Gasteiger partial charge < -0.3 is 0 Å². The molecule has 0 saturated heterocycles. The van der Waals surface area contributed by atoms with Crippen molar-refractivity contribution in [2.45, 2.75) is 38.8 Å². The van der Waals surface area contributed by atoms with Crippen molar-refractivity contribution in [3.8, 4) is 0 Å². The van der Waals surface area contributed by atoms with Gasteiger partial charge in [-0.2, -0.15) is 26.3 Å². The Morgan fingerprint density at radius 3 is 1.12 bits per heavy atom. The summed E-state index contributed by atoms with van der Waals surface area (Å²) in [5.41, 5.74) is -6.28. The van der Waals surface area contributed by atoms with E-state index < -0.39 is 29.5 Å². The Hall–Kier alpha value is -0.750. The minimum Gasteiger partial charge on any atom is -0.219 e. The molecular formula is C9H11F7. The summed E-state index contributed by atoms with van der Waals surface area (Å²) in [4.78, 5) is 0. The zero-order valence-electron chi connectivity index (χ0n) is 8.80. The van der Waals surface area contributed by atoms with E-state index >= 15 is 0 Å². The molecule has 0 aliphatic rings. The highest BCUT2D eigenvalue weighted by Crippen LogP contribution is 2.47. The first-order chi connectivity index (χ1) is 6.71. The summed E-state index contributed by atoms with van der Waals surface area (Å²) >= 11 is 0. The first-order valence-electron chi connectivity index (χ1n) is 4.23. The molecule has 0 bridgehead atoms. The molecule has 7 heteroatoms. The number of alkyl halides is 7. The van der Waals surface area contributed by atoms with Crippen molar-refractivity contribution in [3.63, 3.8) is 0 Å². The Morgan fingerprint density at radius 1 is 0.625 bits per heavy atom. The maximum Gasteiger partial charge on any atom is 0.435 e. The molecule has 0 saturated carbocycles. The lowest BCUT2D eigenvalue weighted by molar-refractivity contribution is -0.322. The summed E-state index contributed by atoms with van der Waals surface area (Å²) in [6.45, 7) is 4.07. The van der Waals surface area contributed by atoms with Crippen molar-refractivity contribution in [2.75, 3.05) is 0 Å². The lowest BCUT2D eigenvalue weighted by atomic mass is 9.92. The highest BCUT2D eigenvalue weighted by Gasteiger charge is 2.71. The third-order valence-electron chi connectivity index (χ3n) is 1.64. The summed E-state index contributed by atoms with van der Waals surface area (Å²) in [5.74, 6) is 0. The summed E-state index contributed by atoms with van der Waals surface area (Å²) in [6.07, 6.45) is -12.0. The third-order valence-corrected chi connectivity index (χ3v) is 1.64. The molecule has 0 atom stereocenters. The molecule has 0 spiro atoms. The minimum atomic E-state index is -6.02. The summed E-state index contributed by atoms with van der Waals surface area (Å²) in [7, 11) is 0. The predicted molar refractivity (Wildman–Crippen MR) is 44.5 cm³/mol. The molecule has 0 radical (unpaired) electrons. The molecule has 0 aliphatic heterocycles. The molecule has 0 aromatic carbocycles. The van der Waals surface area contributed by atoms with E-state index in [1.807, 2.05) is 0 Å². The summed E-state index contributed by atoms with van der Waals surface area (Å²) in [5, 5.41) is 0. The smallest absolute Gasteiger partial charge is 0.219 e. The fourth-order valence-corrected chi connectivity index (χ4v) is 0.715. The Morgan fingerprint density at radius 2 is 0.938 bits per heavy atom. The van der Waals surface area contributed by atoms with Crippen LogP contribution in [0.15, 0.2) is 12.2 Å². The Kier molecular flexibility index (Phi) is 3.74. The second kappa shape index (κ2) is 3.92. The number of hydrogen-bond acceptors (Lipinski definition) is 0. The van der Waals surface area contributed by atoms with Gasteiger partial charge >= 0.3 is 18.0 Å². The van der Waals surface area contributed by atoms with Gasteiger partial charge in [0.25, 0.3) is 0 Å². The zero-order chi connectivity index (χ0) is 13.4. The standard InChI is InChI=1S/C9H11F7/c1-6(2,3)4-5-7(10,8(11,12)13)9(14,15)16/h4-5H,1-3H3/b5-4+. The Balaban J connectivity index is 5.39. The number of halogens is 7. The maximum atomic E-state index is 13.0. The fourth-order valence-electron chi connectivity index (χ4n) is 0.715. The maximum absolute atomic E-state index is 13.0. The second-order valence-corrected chi connectivity index (χ2v) is 4.41. The SMILES string of the molecule is CC(C)(C)/C=C/C(F)(C(F)(F)F)C(F)(F)F. The van der Waals surface area contributed by atoms with Gasteiger partial charge in [-0.15, -0.1) is 0 Å². The van der Waals surface area contributed by atoms with E-state index in [4.69, 9.17) is 0 Å². The van der Waals surface area contributed by atoms with Crippen LogP contribution >= 0.6 is 0 Å². The molecule has 0 unspecified atom stereocenters. The molecule has 0 N–H and O–H groups in total. The average molecular weight is 252 g/mol. The van der Waals surface area contributed by atoms with Crippen LogP contribution in [-0.4, -0.2) is 18.0 Å². The van der Waals surface area contributed by atoms with Crippen molar-refractivity contribution >= 4 is 0 Å². The highest BCUT2D eigenvalue weighted by molar-refractivity contribution is 5.13. The monoisotopic (exact) mass is 252 g/mol. The van der Waals surface area contributed by atoms with Crippen LogP contribution in [0.3, 0.4) is 0 Å². The van der Waals surface area contributed by atoms with Gasteiger partial charge in [-0.3, -0.25) is 0 Å². The number of rotatable bonds is 1. The molecule has 0 fully saturated rings. The summed E-state index contributed by atoms with van der Waals surface area (Å²) in [6, 6.07) is 0. The first-order valence-corrected chi connectivity index (χ1v) is 4.23. The lowest BCUT2D eigenvalue weighted by Crippen LogP contribution is -2.51. The molecule has 0 aromatic heterocycles. The topological polar surface area (TPSA) is 0 Å². The Bertz CT molecular complexity index is 249. The van der Waals surface area contributed by atoms with E-state index in [-0.39, 0.29) is 0 Å². The summed E-state index contributed by atoms with van der Waals surface area (Å²) < 4.78 is 85.2. The predicted octanol–water partition coefficient (Wildman–Crippen LogP) is 4.42. The molecule has 16 heavy (non-hydrogen) atoms. The van der Waals surface area contributed by atoms with Gasteiger partial charge in [0.15, 0.2) is 0 Å². The van der Waals surface area contributed by atoms with Crippen LogP contribution in [0.4, 0.5) is 30.7 Å². The molecule has 0 aliphatic carbocycles. The largest absolute Gasteiger partial charge is 0.435 e. The molecule has 0 aromatic rings. The van der Waals surface area contributed by atoms with E-state index in [1.54, 1.807) is 0 Å². The van der Waals surface area contributed by atoms with Crippen LogP contribution in [0.5, 0.6) is 0 Å².